The van der Waals surface area contributed by atoms with Crippen molar-refractivity contribution in [3.05, 3.63) is 52.0 Å². The molecule has 1 amide bonds. The second-order valence-electron chi connectivity index (χ2n) is 11.9. The first-order valence-corrected chi connectivity index (χ1v) is 13.5. The van der Waals surface area contributed by atoms with Crippen LogP contribution in [0, 0.1) is 13.8 Å². The first-order valence-electron chi connectivity index (χ1n) is 12.6. The lowest BCUT2D eigenvalue weighted by molar-refractivity contribution is -0.133. The summed E-state index contributed by atoms with van der Waals surface area (Å²) in [5, 5.41) is 7.64. The monoisotopic (exact) mass is 493 g/mol. The van der Waals surface area contributed by atoms with Gasteiger partial charge in [0.1, 0.15) is 23.2 Å². The van der Waals surface area contributed by atoms with Gasteiger partial charge in [0.05, 0.1) is 5.69 Å². The molecule has 35 heavy (non-hydrogen) atoms. The van der Waals surface area contributed by atoms with Gasteiger partial charge in [-0.25, -0.2) is 14.6 Å². The quantitative estimate of drug-likeness (QED) is 0.446. The Kier molecular flexibility index (Phi) is 6.93. The third kappa shape index (κ3) is 5.83. The normalized spacial score (nSPS) is 15.6. The predicted octanol–water partition coefficient (Wildman–Crippen LogP) is 6.02. The molecule has 0 atom stereocenters. The maximum Gasteiger partial charge on any atom is 0.244 e. The minimum atomic E-state index is 0.0823. The second kappa shape index (κ2) is 9.49. The molecule has 2 aromatic heterocycles. The van der Waals surface area contributed by atoms with E-state index >= 15 is 0 Å². The SMILES string of the molecule is Cc1nc(C)n(CC(=O)N2CCC(c3csc(-c4cc(C(C)(C)C)cc(C(C)(C)C)c4)n3)CC2)n1. The van der Waals surface area contributed by atoms with Crippen molar-refractivity contribution in [2.75, 3.05) is 13.1 Å². The smallest absolute Gasteiger partial charge is 0.244 e. The van der Waals surface area contributed by atoms with Crippen LogP contribution in [0.4, 0.5) is 0 Å². The molecule has 6 nitrogen and oxygen atoms in total. The lowest BCUT2D eigenvalue weighted by atomic mass is 9.79. The molecular formula is C28H39N5OS. The Bertz CT molecular complexity index is 1170. The molecule has 0 spiro atoms. The van der Waals surface area contributed by atoms with E-state index in [9.17, 15) is 4.79 Å². The third-order valence-corrected chi connectivity index (χ3v) is 7.86. The molecule has 0 saturated carbocycles. The topological polar surface area (TPSA) is 63.9 Å². The molecular weight excluding hydrogens is 454 g/mol. The fourth-order valence-corrected chi connectivity index (χ4v) is 5.48. The molecule has 4 rings (SSSR count). The summed E-state index contributed by atoms with van der Waals surface area (Å²) in [7, 11) is 0. The average Bonchev–Trinajstić information content (AvgIpc) is 3.39. The number of aryl methyl sites for hydroxylation is 2. The molecule has 188 valence electrons. The van der Waals surface area contributed by atoms with Crippen LogP contribution in [0.2, 0.25) is 0 Å². The van der Waals surface area contributed by atoms with Gasteiger partial charge in [-0.15, -0.1) is 11.3 Å². The maximum atomic E-state index is 12.8. The number of aromatic nitrogens is 4. The highest BCUT2D eigenvalue weighted by Crippen LogP contribution is 2.37. The number of carbonyl (C=O) groups is 1. The first-order chi connectivity index (χ1) is 16.3. The van der Waals surface area contributed by atoms with Crippen molar-refractivity contribution in [2.24, 2.45) is 0 Å². The molecule has 1 aliphatic rings. The fourth-order valence-electron chi connectivity index (χ4n) is 4.59. The van der Waals surface area contributed by atoms with Crippen LogP contribution in [0.5, 0.6) is 0 Å². The van der Waals surface area contributed by atoms with Gasteiger partial charge < -0.3 is 4.90 Å². The number of likely N-dealkylation sites (tertiary alicyclic amines) is 1. The van der Waals surface area contributed by atoms with Gasteiger partial charge >= 0.3 is 0 Å². The van der Waals surface area contributed by atoms with E-state index in [2.05, 4.69) is 75.2 Å². The molecule has 0 aliphatic carbocycles. The summed E-state index contributed by atoms with van der Waals surface area (Å²) in [6.45, 7) is 19.1. The van der Waals surface area contributed by atoms with Crippen LogP contribution in [0.1, 0.15) is 88.8 Å². The van der Waals surface area contributed by atoms with Gasteiger partial charge in [-0.1, -0.05) is 47.6 Å². The highest BCUT2D eigenvalue weighted by atomic mass is 32.1. The Labute approximate surface area is 213 Å². The molecule has 1 aromatic carbocycles. The Hall–Kier alpha value is -2.54. The average molecular weight is 494 g/mol. The van der Waals surface area contributed by atoms with Crippen LogP contribution in [-0.2, 0) is 22.2 Å². The number of nitrogens with zero attached hydrogens (tertiary/aromatic N) is 5. The maximum absolute atomic E-state index is 12.8. The lowest BCUT2D eigenvalue weighted by Gasteiger charge is -2.31. The van der Waals surface area contributed by atoms with E-state index in [-0.39, 0.29) is 23.3 Å². The number of piperidine rings is 1. The van der Waals surface area contributed by atoms with E-state index in [1.165, 1.54) is 22.4 Å². The van der Waals surface area contributed by atoms with E-state index in [0.717, 1.165) is 36.8 Å². The molecule has 0 bridgehead atoms. The standard InChI is InChI=1S/C28H39N5OS/c1-18-29-19(2)33(31-18)16-25(34)32-11-9-20(10-12-32)24-17-35-26(30-24)21-13-22(27(3,4)5)15-23(14-21)28(6,7)8/h13-15,17,20H,9-12,16H2,1-8H3. The van der Waals surface area contributed by atoms with E-state index in [4.69, 9.17) is 4.98 Å². The number of thiazole rings is 1. The van der Waals surface area contributed by atoms with Gasteiger partial charge in [0, 0.05) is 30.0 Å². The lowest BCUT2D eigenvalue weighted by Crippen LogP contribution is -2.40. The molecule has 7 heteroatoms. The van der Waals surface area contributed by atoms with Crippen molar-refractivity contribution in [3.8, 4) is 10.6 Å². The van der Waals surface area contributed by atoms with Crippen LogP contribution in [0.15, 0.2) is 23.6 Å². The second-order valence-corrected chi connectivity index (χ2v) is 12.8. The van der Waals surface area contributed by atoms with Crippen molar-refractivity contribution >= 4 is 17.2 Å². The summed E-state index contributed by atoms with van der Waals surface area (Å²) in [5.74, 6) is 2.00. The zero-order valence-corrected chi connectivity index (χ0v) is 23.3. The zero-order chi connectivity index (χ0) is 25.5. The Balaban J connectivity index is 1.46. The van der Waals surface area contributed by atoms with Crippen LogP contribution >= 0.6 is 11.3 Å². The third-order valence-electron chi connectivity index (χ3n) is 6.95. The molecule has 3 heterocycles. The molecule has 0 N–H and O–H groups in total. The Morgan fingerprint density at radius 3 is 2.09 bits per heavy atom. The molecule has 0 radical (unpaired) electrons. The molecule has 1 saturated heterocycles. The van der Waals surface area contributed by atoms with Crippen molar-refractivity contribution in [1.82, 2.24) is 24.6 Å². The summed E-state index contributed by atoms with van der Waals surface area (Å²) >= 11 is 1.74. The number of rotatable bonds is 4. The van der Waals surface area contributed by atoms with Crippen molar-refractivity contribution in [2.45, 2.75) is 91.5 Å². The van der Waals surface area contributed by atoms with Gasteiger partial charge in [0.25, 0.3) is 0 Å². The summed E-state index contributed by atoms with van der Waals surface area (Å²) < 4.78 is 1.70. The largest absolute Gasteiger partial charge is 0.341 e. The van der Waals surface area contributed by atoms with Gasteiger partial charge in [-0.05, 0) is 60.8 Å². The number of amides is 1. The van der Waals surface area contributed by atoms with E-state index in [1.807, 2.05) is 18.7 Å². The van der Waals surface area contributed by atoms with Crippen LogP contribution < -0.4 is 0 Å². The minimum absolute atomic E-state index is 0.0823. The summed E-state index contributed by atoms with van der Waals surface area (Å²) in [6.07, 6.45) is 1.89. The fraction of sp³-hybridized carbons (Fsp3) is 0.571. The van der Waals surface area contributed by atoms with Crippen molar-refractivity contribution in [1.29, 1.82) is 0 Å². The van der Waals surface area contributed by atoms with Crippen LogP contribution in [0.3, 0.4) is 0 Å². The Morgan fingerprint density at radius 2 is 1.57 bits per heavy atom. The van der Waals surface area contributed by atoms with Gasteiger partial charge in [0.15, 0.2) is 0 Å². The number of hydrogen-bond acceptors (Lipinski definition) is 5. The highest BCUT2D eigenvalue weighted by Gasteiger charge is 2.27. The number of benzene rings is 1. The van der Waals surface area contributed by atoms with Gasteiger partial charge in [-0.3, -0.25) is 4.79 Å². The minimum Gasteiger partial charge on any atom is -0.341 e. The van der Waals surface area contributed by atoms with Crippen molar-refractivity contribution in [3.63, 3.8) is 0 Å². The van der Waals surface area contributed by atoms with Gasteiger partial charge in [-0.2, -0.15) is 5.10 Å². The summed E-state index contributed by atoms with van der Waals surface area (Å²) in [4.78, 5) is 24.2. The summed E-state index contributed by atoms with van der Waals surface area (Å²) in [5.41, 5.74) is 5.24. The molecule has 0 unspecified atom stereocenters. The zero-order valence-electron chi connectivity index (χ0n) is 22.5. The summed E-state index contributed by atoms with van der Waals surface area (Å²) in [6, 6.07) is 6.98. The number of carbonyl (C=O) groups excluding carboxylic acids is 1. The van der Waals surface area contributed by atoms with E-state index in [0.29, 0.717) is 11.7 Å². The Morgan fingerprint density at radius 1 is 0.971 bits per heavy atom. The van der Waals surface area contributed by atoms with Crippen molar-refractivity contribution < 1.29 is 4.79 Å². The number of hydrogen-bond donors (Lipinski definition) is 0. The highest BCUT2D eigenvalue weighted by molar-refractivity contribution is 7.13. The molecule has 1 aliphatic heterocycles. The first kappa shape index (κ1) is 25.5. The van der Waals surface area contributed by atoms with E-state index in [1.54, 1.807) is 16.0 Å². The van der Waals surface area contributed by atoms with Gasteiger partial charge in [0.2, 0.25) is 5.91 Å². The van der Waals surface area contributed by atoms with Crippen LogP contribution in [0.25, 0.3) is 10.6 Å². The van der Waals surface area contributed by atoms with Crippen LogP contribution in [-0.4, -0.2) is 43.6 Å². The predicted molar refractivity (Wildman–Crippen MR) is 143 cm³/mol. The molecule has 3 aromatic rings. The van der Waals surface area contributed by atoms with E-state index < -0.39 is 0 Å². The molecule has 1 fully saturated rings.